The van der Waals surface area contributed by atoms with Gasteiger partial charge in [0.2, 0.25) is 0 Å². The number of H-pyrrole nitrogens is 1. The van der Waals surface area contributed by atoms with Crippen molar-refractivity contribution in [1.29, 1.82) is 0 Å². The molecule has 0 aliphatic carbocycles. The number of aromatic nitrogens is 2. The smallest absolute Gasteiger partial charge is 0.333 e. The van der Waals surface area contributed by atoms with Crippen LogP contribution in [0.3, 0.4) is 0 Å². The lowest BCUT2D eigenvalue weighted by Crippen LogP contribution is -2.36. The zero-order chi connectivity index (χ0) is 14.2. The molecule has 19 heavy (non-hydrogen) atoms. The summed E-state index contributed by atoms with van der Waals surface area (Å²) >= 11 is 0. The van der Waals surface area contributed by atoms with E-state index >= 15 is 0 Å². The van der Waals surface area contributed by atoms with Crippen molar-refractivity contribution in [2.45, 2.75) is 25.4 Å². The Labute approximate surface area is 107 Å². The number of carboxylic acid groups (broad SMARTS) is 1. The molecular weight excluding hydrogens is 256 g/mol. The van der Waals surface area contributed by atoms with Crippen molar-refractivity contribution < 1.29 is 19.4 Å². The highest BCUT2D eigenvalue weighted by molar-refractivity contribution is 5.73. The molecule has 0 amide bonds. The predicted molar refractivity (Wildman–Crippen MR) is 62.8 cm³/mol. The van der Waals surface area contributed by atoms with Gasteiger partial charge in [0.25, 0.3) is 5.56 Å². The van der Waals surface area contributed by atoms with Crippen LogP contribution in [0.5, 0.6) is 0 Å². The summed E-state index contributed by atoms with van der Waals surface area (Å²) in [6.07, 6.45) is -1.28. The molecule has 2 rings (SSSR count). The highest BCUT2D eigenvalue weighted by Gasteiger charge is 2.47. The normalized spacial score (nSPS) is 30.4. The standard InChI is InChI=1S/C11H14N2O6/c1-5-7(18-2)9(19-8(5)10(15)16)13-4-3-6(14)12-11(13)17/h3-5,7-9H,1-2H3,(H,15,16)(H,12,14,17)/t5?,7-,8-,9+/m0/s1. The molecular formula is C11H14N2O6. The maximum atomic E-state index is 11.7. The van der Waals surface area contributed by atoms with Gasteiger partial charge in [-0.25, -0.2) is 9.59 Å². The van der Waals surface area contributed by atoms with Gasteiger partial charge in [0.1, 0.15) is 6.10 Å². The summed E-state index contributed by atoms with van der Waals surface area (Å²) in [6, 6.07) is 1.16. The van der Waals surface area contributed by atoms with Crippen LogP contribution in [0.1, 0.15) is 13.2 Å². The minimum atomic E-state index is -1.12. The first kappa shape index (κ1) is 13.5. The molecule has 1 aliphatic heterocycles. The topological polar surface area (TPSA) is 111 Å². The van der Waals surface area contributed by atoms with Crippen LogP contribution in [0.4, 0.5) is 0 Å². The monoisotopic (exact) mass is 270 g/mol. The van der Waals surface area contributed by atoms with Gasteiger partial charge in [-0.1, -0.05) is 6.92 Å². The van der Waals surface area contributed by atoms with Crippen molar-refractivity contribution in [2.75, 3.05) is 7.11 Å². The molecule has 0 radical (unpaired) electrons. The van der Waals surface area contributed by atoms with Crippen LogP contribution in [0, 0.1) is 5.92 Å². The Kier molecular flexibility index (Phi) is 3.54. The average Bonchev–Trinajstić information content (AvgIpc) is 2.66. The lowest BCUT2D eigenvalue weighted by atomic mass is 10.0. The SMILES string of the molecule is CO[C@H]1C(C)[C@@H](C(=O)O)O[C@H]1n1ccc(=O)[nH]c1=O. The van der Waals surface area contributed by atoms with E-state index in [1.165, 1.54) is 13.3 Å². The van der Waals surface area contributed by atoms with E-state index in [9.17, 15) is 14.4 Å². The number of methoxy groups -OCH3 is 1. The van der Waals surface area contributed by atoms with Crippen LogP contribution >= 0.6 is 0 Å². The fourth-order valence-electron chi connectivity index (χ4n) is 2.25. The van der Waals surface area contributed by atoms with Crippen LogP contribution in [0.2, 0.25) is 0 Å². The third kappa shape index (κ3) is 2.32. The molecule has 104 valence electrons. The maximum Gasteiger partial charge on any atom is 0.333 e. The molecule has 1 unspecified atom stereocenters. The summed E-state index contributed by atoms with van der Waals surface area (Å²) < 4.78 is 11.7. The highest BCUT2D eigenvalue weighted by Crippen LogP contribution is 2.34. The number of ether oxygens (including phenoxy) is 2. The minimum absolute atomic E-state index is 0.425. The molecule has 8 nitrogen and oxygen atoms in total. The first-order chi connectivity index (χ1) is 8.95. The second-order valence-electron chi connectivity index (χ2n) is 4.36. The number of hydrogen-bond donors (Lipinski definition) is 2. The van der Waals surface area contributed by atoms with Crippen LogP contribution in [0.15, 0.2) is 21.9 Å². The molecule has 1 saturated heterocycles. The van der Waals surface area contributed by atoms with Gasteiger partial charge in [0, 0.05) is 25.3 Å². The summed E-state index contributed by atoms with van der Waals surface area (Å²) in [6.45, 7) is 1.67. The molecule has 0 spiro atoms. The van der Waals surface area contributed by atoms with Crippen molar-refractivity contribution in [3.8, 4) is 0 Å². The molecule has 1 fully saturated rings. The first-order valence-electron chi connectivity index (χ1n) is 5.68. The van der Waals surface area contributed by atoms with Crippen molar-refractivity contribution in [3.05, 3.63) is 33.1 Å². The van der Waals surface area contributed by atoms with E-state index in [0.717, 1.165) is 10.6 Å². The van der Waals surface area contributed by atoms with E-state index < -0.39 is 41.6 Å². The highest BCUT2D eigenvalue weighted by atomic mass is 16.6. The van der Waals surface area contributed by atoms with E-state index in [-0.39, 0.29) is 0 Å². The number of aliphatic carboxylic acids is 1. The van der Waals surface area contributed by atoms with Gasteiger partial charge in [-0.2, -0.15) is 0 Å². The third-order valence-corrected chi connectivity index (χ3v) is 3.20. The van der Waals surface area contributed by atoms with E-state index in [4.69, 9.17) is 14.6 Å². The molecule has 1 aromatic heterocycles. The lowest BCUT2D eigenvalue weighted by Gasteiger charge is -2.20. The van der Waals surface area contributed by atoms with E-state index in [1.807, 2.05) is 0 Å². The van der Waals surface area contributed by atoms with Gasteiger partial charge in [-0.15, -0.1) is 0 Å². The number of rotatable bonds is 3. The summed E-state index contributed by atoms with van der Waals surface area (Å²) in [5.41, 5.74) is -1.20. The second-order valence-corrected chi connectivity index (χ2v) is 4.36. The van der Waals surface area contributed by atoms with E-state index in [2.05, 4.69) is 4.98 Å². The summed E-state index contributed by atoms with van der Waals surface area (Å²) in [5.74, 6) is -1.54. The number of nitrogens with one attached hydrogen (secondary N) is 1. The molecule has 0 aromatic carbocycles. The molecule has 2 N–H and O–H groups in total. The average molecular weight is 270 g/mol. The predicted octanol–water partition coefficient (Wildman–Crippen LogP) is -0.830. The first-order valence-corrected chi connectivity index (χ1v) is 5.68. The quantitative estimate of drug-likeness (QED) is 0.741. The number of carbonyl (C=O) groups is 1. The number of aromatic amines is 1. The molecule has 0 saturated carbocycles. The van der Waals surface area contributed by atoms with Crippen molar-refractivity contribution in [2.24, 2.45) is 5.92 Å². The third-order valence-electron chi connectivity index (χ3n) is 3.20. The second kappa shape index (κ2) is 4.98. The van der Waals surface area contributed by atoms with Crippen LogP contribution in [-0.4, -0.2) is 39.9 Å². The number of carboxylic acids is 1. The summed E-state index contributed by atoms with van der Waals surface area (Å²) in [5, 5.41) is 9.05. The van der Waals surface area contributed by atoms with Gasteiger partial charge >= 0.3 is 11.7 Å². The largest absolute Gasteiger partial charge is 0.479 e. The maximum absolute atomic E-state index is 11.7. The number of nitrogens with zero attached hydrogens (tertiary/aromatic N) is 1. The zero-order valence-corrected chi connectivity index (χ0v) is 10.4. The van der Waals surface area contributed by atoms with Gasteiger partial charge in [0.15, 0.2) is 12.3 Å². The van der Waals surface area contributed by atoms with E-state index in [0.29, 0.717) is 0 Å². The molecule has 2 heterocycles. The lowest BCUT2D eigenvalue weighted by molar-refractivity contribution is -0.153. The Morgan fingerprint density at radius 3 is 2.74 bits per heavy atom. The zero-order valence-electron chi connectivity index (χ0n) is 10.4. The Morgan fingerprint density at radius 2 is 2.21 bits per heavy atom. The summed E-state index contributed by atoms with van der Waals surface area (Å²) in [4.78, 5) is 35.9. The molecule has 4 atom stereocenters. The Bertz CT molecular complexity index is 591. The van der Waals surface area contributed by atoms with Gasteiger partial charge in [0.05, 0.1) is 0 Å². The molecule has 1 aliphatic rings. The fourth-order valence-corrected chi connectivity index (χ4v) is 2.25. The molecule has 0 bridgehead atoms. The van der Waals surface area contributed by atoms with Crippen molar-refractivity contribution >= 4 is 5.97 Å². The van der Waals surface area contributed by atoms with Crippen molar-refractivity contribution in [1.82, 2.24) is 9.55 Å². The Hall–Kier alpha value is -1.93. The van der Waals surface area contributed by atoms with Gasteiger partial charge in [-0.3, -0.25) is 14.3 Å². The number of hydrogen-bond acceptors (Lipinski definition) is 5. The Morgan fingerprint density at radius 1 is 1.53 bits per heavy atom. The minimum Gasteiger partial charge on any atom is -0.479 e. The van der Waals surface area contributed by atoms with Crippen LogP contribution < -0.4 is 11.2 Å². The van der Waals surface area contributed by atoms with Gasteiger partial charge < -0.3 is 14.6 Å². The van der Waals surface area contributed by atoms with E-state index in [1.54, 1.807) is 6.92 Å². The molecule has 8 heteroatoms. The van der Waals surface area contributed by atoms with Crippen molar-refractivity contribution in [3.63, 3.8) is 0 Å². The van der Waals surface area contributed by atoms with Crippen LogP contribution in [0.25, 0.3) is 0 Å². The fraction of sp³-hybridized carbons (Fsp3) is 0.545. The van der Waals surface area contributed by atoms with Gasteiger partial charge in [-0.05, 0) is 0 Å². The summed E-state index contributed by atoms with van der Waals surface area (Å²) in [7, 11) is 1.42. The molecule has 1 aromatic rings. The van der Waals surface area contributed by atoms with Crippen LogP contribution in [-0.2, 0) is 14.3 Å². The Balaban J connectivity index is 2.41.